The molecule has 43 heavy (non-hydrogen) atoms. The van der Waals surface area contributed by atoms with Gasteiger partial charge in [0.2, 0.25) is 0 Å². The number of ketones is 1. The Morgan fingerprint density at radius 1 is 0.907 bits per heavy atom. The fraction of sp³-hybridized carbons (Fsp3) is 0.289. The number of allylic oxidation sites excluding steroid dienone is 1. The standard InChI is InChI=1S/C30H27NO.C8H8O2.Ir/c1-18-14-25-22-8-4-5-9-28(22)32-30(25)26(15-18)29-23-13-12-21(19-6-2-3-7-19)16-24(23)27(17-31-29)20-10-11-20;1-6(9)7-4-2-3-5-8(7)10;/h4-5,8-9,12-14,16-17,19-20,29H,2-3,6-7,10-11H2,1H3;2-5,10H,1H3;/q-2;;. The Balaban J connectivity index is 0.000000258. The molecular formula is C38H35IrNO3-2. The van der Waals surface area contributed by atoms with Crippen LogP contribution < -0.4 is 0 Å². The zero-order valence-corrected chi connectivity index (χ0v) is 26.9. The van der Waals surface area contributed by atoms with E-state index >= 15 is 0 Å². The monoisotopic (exact) mass is 746 g/mol. The number of rotatable bonds is 4. The average Bonchev–Trinajstić information content (AvgIpc) is 3.55. The molecule has 5 heteroatoms. The first-order valence-electron chi connectivity index (χ1n) is 15.1. The van der Waals surface area contributed by atoms with Gasteiger partial charge in [0.15, 0.2) is 5.78 Å². The summed E-state index contributed by atoms with van der Waals surface area (Å²) in [6.45, 7) is 3.55. The molecule has 2 saturated carbocycles. The van der Waals surface area contributed by atoms with E-state index < -0.39 is 0 Å². The molecule has 0 spiro atoms. The molecule has 1 N–H and O–H groups in total. The van der Waals surface area contributed by atoms with Crippen LogP contribution in [0.15, 0.2) is 83.4 Å². The van der Waals surface area contributed by atoms with Crippen LogP contribution in [0.4, 0.5) is 0 Å². The van der Waals surface area contributed by atoms with Crippen molar-refractivity contribution in [3.8, 4) is 5.75 Å². The van der Waals surface area contributed by atoms with Gasteiger partial charge in [-0.05, 0) is 73.8 Å². The summed E-state index contributed by atoms with van der Waals surface area (Å²) in [6.07, 6.45) is 10.2. The van der Waals surface area contributed by atoms with E-state index in [1.807, 2.05) is 6.07 Å². The van der Waals surface area contributed by atoms with Gasteiger partial charge in [-0.1, -0.05) is 90.9 Å². The van der Waals surface area contributed by atoms with Gasteiger partial charge in [0, 0.05) is 31.1 Å². The van der Waals surface area contributed by atoms with Crippen LogP contribution in [-0.4, -0.2) is 10.9 Å². The van der Waals surface area contributed by atoms with E-state index in [0.717, 1.165) is 28.2 Å². The van der Waals surface area contributed by atoms with Crippen molar-refractivity contribution in [3.05, 3.63) is 124 Å². The smallest absolute Gasteiger partial charge is 0.163 e. The molecule has 1 atom stereocenters. The predicted octanol–water partition coefficient (Wildman–Crippen LogP) is 10.2. The fourth-order valence-electron chi connectivity index (χ4n) is 6.72. The van der Waals surface area contributed by atoms with Crippen molar-refractivity contribution < 1.29 is 34.4 Å². The molecule has 2 aliphatic carbocycles. The fourth-order valence-corrected chi connectivity index (χ4v) is 6.72. The van der Waals surface area contributed by atoms with E-state index in [1.54, 1.807) is 18.2 Å². The summed E-state index contributed by atoms with van der Waals surface area (Å²) in [5.74, 6) is 1.35. The van der Waals surface area contributed by atoms with Gasteiger partial charge in [0.25, 0.3) is 0 Å². The molecule has 221 valence electrons. The minimum atomic E-state index is -0.113. The number of aryl methyl sites for hydroxylation is 1. The second-order valence-corrected chi connectivity index (χ2v) is 12.0. The number of phenols is 1. The van der Waals surface area contributed by atoms with Gasteiger partial charge in [-0.2, -0.15) is 23.9 Å². The molecule has 3 aliphatic rings. The molecular weight excluding hydrogens is 711 g/mol. The Labute approximate surface area is 266 Å². The van der Waals surface area contributed by atoms with Gasteiger partial charge in [-0.25, -0.2) is 0 Å². The van der Waals surface area contributed by atoms with Crippen molar-refractivity contribution in [2.24, 2.45) is 5.92 Å². The third kappa shape index (κ3) is 5.69. The van der Waals surface area contributed by atoms with Crippen LogP contribution in [-0.2, 0) is 20.1 Å². The number of hydrogen-bond donors (Lipinski definition) is 1. The maximum Gasteiger partial charge on any atom is 0.163 e. The summed E-state index contributed by atoms with van der Waals surface area (Å²) in [7, 11) is 0. The number of furan rings is 1. The number of phenolic OH excluding ortho intramolecular Hbond substituents is 1. The van der Waals surface area contributed by atoms with Gasteiger partial charge < -0.3 is 14.8 Å². The predicted molar refractivity (Wildman–Crippen MR) is 169 cm³/mol. The maximum absolute atomic E-state index is 10.7. The number of carbonyl (C=O) groups is 1. The van der Waals surface area contributed by atoms with E-state index in [4.69, 9.17) is 14.8 Å². The van der Waals surface area contributed by atoms with Crippen molar-refractivity contribution in [1.82, 2.24) is 0 Å². The Morgan fingerprint density at radius 2 is 1.65 bits per heavy atom. The molecule has 0 amide bonds. The van der Waals surface area contributed by atoms with Crippen molar-refractivity contribution in [3.63, 3.8) is 0 Å². The number of benzene rings is 4. The normalized spacial score (nSPS) is 17.8. The summed E-state index contributed by atoms with van der Waals surface area (Å²) in [5.41, 5.74) is 10.2. The van der Waals surface area contributed by atoms with Crippen LogP contribution in [0.25, 0.3) is 32.8 Å². The number of hydrogen-bond acceptors (Lipinski definition) is 3. The first-order valence-corrected chi connectivity index (χ1v) is 15.1. The second-order valence-electron chi connectivity index (χ2n) is 12.0. The van der Waals surface area contributed by atoms with Crippen LogP contribution in [0.5, 0.6) is 5.75 Å². The molecule has 5 aromatic rings. The summed E-state index contributed by atoms with van der Waals surface area (Å²) >= 11 is 0. The number of para-hydroxylation sites is 2. The Morgan fingerprint density at radius 3 is 2.37 bits per heavy atom. The number of fused-ring (bicyclic) bond motifs is 4. The van der Waals surface area contributed by atoms with Gasteiger partial charge in [0.1, 0.15) is 11.3 Å². The SMILES string of the molecule is CC(=O)c1ccccc1O.Cc1[c-]c(C2[N-]C=C(C3CC3)c3cc(C4CCCC4)ccc32)c2oc3ccccc3c2c1.[Ir]. The molecule has 1 aliphatic heterocycles. The summed E-state index contributed by atoms with van der Waals surface area (Å²) < 4.78 is 6.39. The van der Waals surface area contributed by atoms with Crippen LogP contribution in [0.2, 0.25) is 0 Å². The van der Waals surface area contributed by atoms with Crippen LogP contribution in [0.3, 0.4) is 0 Å². The van der Waals surface area contributed by atoms with Gasteiger partial charge in [-0.3, -0.25) is 4.79 Å². The molecule has 2 heterocycles. The van der Waals surface area contributed by atoms with E-state index in [-0.39, 0.29) is 37.7 Å². The summed E-state index contributed by atoms with van der Waals surface area (Å²) in [5, 5.41) is 16.5. The zero-order chi connectivity index (χ0) is 28.8. The number of aromatic hydroxyl groups is 1. The molecule has 0 saturated heterocycles. The van der Waals surface area contributed by atoms with Crippen molar-refractivity contribution in [2.45, 2.75) is 64.3 Å². The Kier molecular flexibility index (Phi) is 8.31. The third-order valence-corrected chi connectivity index (χ3v) is 9.02. The van der Waals surface area contributed by atoms with E-state index in [2.05, 4.69) is 61.7 Å². The number of nitrogens with zero attached hydrogens (tertiary/aromatic N) is 1. The Hall–Kier alpha value is -3.66. The minimum absolute atomic E-state index is 0. The molecule has 2 fully saturated rings. The first kappa shape index (κ1) is 29.4. The van der Waals surface area contributed by atoms with Crippen molar-refractivity contribution in [2.75, 3.05) is 0 Å². The average molecular weight is 746 g/mol. The van der Waals surface area contributed by atoms with Crippen LogP contribution >= 0.6 is 0 Å². The number of Topliss-reactive ketones (excluding diaryl/α,β-unsaturated/α-hetero) is 1. The van der Waals surface area contributed by atoms with Crippen LogP contribution in [0.1, 0.15) is 95.6 Å². The van der Waals surface area contributed by atoms with Gasteiger partial charge >= 0.3 is 0 Å². The third-order valence-electron chi connectivity index (χ3n) is 9.02. The second kappa shape index (κ2) is 12.1. The molecule has 1 unspecified atom stereocenters. The summed E-state index contributed by atoms with van der Waals surface area (Å²) in [6, 6.07) is 27.8. The molecule has 4 aromatic carbocycles. The zero-order valence-electron chi connectivity index (χ0n) is 24.5. The maximum atomic E-state index is 10.7. The van der Waals surface area contributed by atoms with Crippen molar-refractivity contribution in [1.29, 1.82) is 0 Å². The van der Waals surface area contributed by atoms with Crippen molar-refractivity contribution >= 4 is 33.3 Å². The molecule has 0 bridgehead atoms. The van der Waals surface area contributed by atoms with E-state index in [1.165, 1.54) is 84.6 Å². The quantitative estimate of drug-likeness (QED) is 0.147. The molecule has 1 aromatic heterocycles. The summed E-state index contributed by atoms with van der Waals surface area (Å²) in [4.78, 5) is 10.7. The first-order chi connectivity index (χ1) is 20.5. The molecule has 4 nitrogen and oxygen atoms in total. The Bertz CT molecular complexity index is 1840. The largest absolute Gasteiger partial charge is 0.682 e. The number of carbonyl (C=O) groups excluding carboxylic acids is 1. The van der Waals surface area contributed by atoms with Gasteiger partial charge in [-0.15, -0.1) is 5.56 Å². The molecule has 1 radical (unpaired) electrons. The minimum Gasteiger partial charge on any atom is -0.682 e. The molecule has 8 rings (SSSR count). The van der Waals surface area contributed by atoms with E-state index in [0.29, 0.717) is 11.5 Å². The van der Waals surface area contributed by atoms with Gasteiger partial charge in [0.05, 0.1) is 5.56 Å². The topological polar surface area (TPSA) is 64.5 Å². The van der Waals surface area contributed by atoms with Crippen LogP contribution in [0, 0.1) is 18.9 Å². The van der Waals surface area contributed by atoms with E-state index in [9.17, 15) is 4.79 Å².